The Balaban J connectivity index is 1.60. The number of fused-ring (bicyclic) bond motifs is 3. The van der Waals surface area contributed by atoms with E-state index in [-0.39, 0.29) is 18.0 Å². The summed E-state index contributed by atoms with van der Waals surface area (Å²) in [4.78, 5) is 31.3. The van der Waals surface area contributed by atoms with Crippen molar-refractivity contribution in [2.24, 2.45) is 0 Å². The highest BCUT2D eigenvalue weighted by Gasteiger charge is 2.19. The lowest BCUT2D eigenvalue weighted by molar-refractivity contribution is -0.116. The number of nitrogens with one attached hydrogen (secondary N) is 1. The van der Waals surface area contributed by atoms with Crippen molar-refractivity contribution in [3.63, 3.8) is 0 Å². The zero-order chi connectivity index (χ0) is 23.8. The zero-order valence-electron chi connectivity index (χ0n) is 18.9. The lowest BCUT2D eigenvalue weighted by Gasteiger charge is -2.11. The fraction of sp³-hybridized carbons (Fsp3) is 0.148. The fourth-order valence-electron chi connectivity index (χ4n) is 4.23. The van der Waals surface area contributed by atoms with E-state index in [0.29, 0.717) is 28.3 Å². The Morgan fingerprint density at radius 1 is 1.00 bits per heavy atom. The maximum Gasteiger partial charge on any atom is 0.278 e. The topological polar surface area (TPSA) is 68.9 Å². The molecule has 0 aliphatic heterocycles. The number of carbonyl (C=O) groups is 1. The molecule has 7 heteroatoms. The van der Waals surface area contributed by atoms with Crippen LogP contribution in [0.4, 0.5) is 5.69 Å². The molecular weight excluding hydrogens is 448 g/mol. The van der Waals surface area contributed by atoms with Gasteiger partial charge in [-0.15, -0.1) is 0 Å². The van der Waals surface area contributed by atoms with Gasteiger partial charge in [0, 0.05) is 5.39 Å². The largest absolute Gasteiger partial charge is 0.325 e. The van der Waals surface area contributed by atoms with Crippen molar-refractivity contribution in [2.45, 2.75) is 26.9 Å². The molecule has 0 spiro atoms. The van der Waals surface area contributed by atoms with Gasteiger partial charge in [0.15, 0.2) is 0 Å². The smallest absolute Gasteiger partial charge is 0.278 e. The average molecular weight is 471 g/mol. The molecule has 2 heterocycles. The number of hydrogen-bond acceptors (Lipinski definition) is 3. The number of halogens is 1. The van der Waals surface area contributed by atoms with Gasteiger partial charge in [0.1, 0.15) is 17.6 Å². The van der Waals surface area contributed by atoms with Crippen LogP contribution in [0.1, 0.15) is 16.7 Å². The summed E-state index contributed by atoms with van der Waals surface area (Å²) in [7, 11) is 0. The summed E-state index contributed by atoms with van der Waals surface area (Å²) in [6.45, 7) is 4.28. The minimum atomic E-state index is -0.275. The van der Waals surface area contributed by atoms with Crippen molar-refractivity contribution >= 4 is 45.1 Å². The first-order chi connectivity index (χ1) is 16.4. The standard InChI is InChI=1S/C27H23ClN4O2/c1-17-9-11-23-20(12-17)25-26(27(34)31(16-29-25)14-19-6-4-3-5-7-19)32(23)15-24(33)30-22-10-8-18(2)13-21(22)28/h3-13,16H,14-15H2,1-2H3,(H,30,33). The van der Waals surface area contributed by atoms with E-state index in [1.54, 1.807) is 27.6 Å². The van der Waals surface area contributed by atoms with Crippen LogP contribution in [-0.4, -0.2) is 20.0 Å². The van der Waals surface area contributed by atoms with Gasteiger partial charge in [-0.1, -0.05) is 59.6 Å². The van der Waals surface area contributed by atoms with Gasteiger partial charge in [0.2, 0.25) is 5.91 Å². The number of nitrogens with zero attached hydrogens (tertiary/aromatic N) is 3. The Morgan fingerprint density at radius 2 is 1.74 bits per heavy atom. The molecule has 0 bridgehead atoms. The first-order valence-electron chi connectivity index (χ1n) is 11.0. The van der Waals surface area contributed by atoms with E-state index < -0.39 is 0 Å². The lowest BCUT2D eigenvalue weighted by atomic mass is 10.1. The van der Waals surface area contributed by atoms with Crippen molar-refractivity contribution in [3.05, 3.63) is 105 Å². The molecule has 34 heavy (non-hydrogen) atoms. The second kappa shape index (κ2) is 8.80. The van der Waals surface area contributed by atoms with Crippen LogP contribution in [0, 0.1) is 13.8 Å². The number of benzene rings is 3. The summed E-state index contributed by atoms with van der Waals surface area (Å²) in [5, 5.41) is 4.19. The van der Waals surface area contributed by atoms with E-state index in [0.717, 1.165) is 27.6 Å². The van der Waals surface area contributed by atoms with Crippen molar-refractivity contribution in [2.75, 3.05) is 5.32 Å². The van der Waals surface area contributed by atoms with Crippen LogP contribution in [-0.2, 0) is 17.9 Å². The van der Waals surface area contributed by atoms with Gasteiger partial charge < -0.3 is 9.88 Å². The molecule has 0 unspecified atom stereocenters. The minimum Gasteiger partial charge on any atom is -0.325 e. The third-order valence-electron chi connectivity index (χ3n) is 5.88. The molecule has 0 saturated carbocycles. The molecule has 5 aromatic rings. The highest BCUT2D eigenvalue weighted by atomic mass is 35.5. The van der Waals surface area contributed by atoms with Crippen LogP contribution in [0.5, 0.6) is 0 Å². The Morgan fingerprint density at radius 3 is 2.50 bits per heavy atom. The van der Waals surface area contributed by atoms with Crippen LogP contribution >= 0.6 is 11.6 Å². The molecule has 0 aliphatic carbocycles. The van der Waals surface area contributed by atoms with Gasteiger partial charge in [-0.25, -0.2) is 4.98 Å². The predicted molar refractivity (Wildman–Crippen MR) is 137 cm³/mol. The van der Waals surface area contributed by atoms with Crippen LogP contribution in [0.15, 0.2) is 77.9 Å². The van der Waals surface area contributed by atoms with Crippen LogP contribution in [0.25, 0.3) is 21.9 Å². The molecule has 2 aromatic heterocycles. The maximum atomic E-state index is 13.6. The van der Waals surface area contributed by atoms with E-state index in [9.17, 15) is 9.59 Å². The average Bonchev–Trinajstić information content (AvgIpc) is 3.11. The van der Waals surface area contributed by atoms with E-state index in [4.69, 9.17) is 11.6 Å². The van der Waals surface area contributed by atoms with E-state index in [1.807, 2.05) is 68.4 Å². The van der Waals surface area contributed by atoms with Crippen LogP contribution in [0.2, 0.25) is 5.02 Å². The van der Waals surface area contributed by atoms with Crippen molar-refractivity contribution < 1.29 is 4.79 Å². The molecule has 0 atom stereocenters. The van der Waals surface area contributed by atoms with Gasteiger partial charge in [-0.3, -0.25) is 14.2 Å². The van der Waals surface area contributed by atoms with Gasteiger partial charge in [-0.2, -0.15) is 0 Å². The molecule has 0 aliphatic rings. The highest BCUT2D eigenvalue weighted by Crippen LogP contribution is 2.27. The minimum absolute atomic E-state index is 0.0421. The van der Waals surface area contributed by atoms with Gasteiger partial charge in [0.25, 0.3) is 5.56 Å². The summed E-state index contributed by atoms with van der Waals surface area (Å²) < 4.78 is 3.33. The second-order valence-corrected chi connectivity index (χ2v) is 8.91. The zero-order valence-corrected chi connectivity index (χ0v) is 19.6. The number of carbonyl (C=O) groups excluding carboxylic acids is 1. The van der Waals surface area contributed by atoms with Crippen molar-refractivity contribution in [3.8, 4) is 0 Å². The Hall–Kier alpha value is -3.90. The summed E-state index contributed by atoms with van der Waals surface area (Å²) in [5.74, 6) is -0.275. The number of amides is 1. The molecule has 3 aromatic carbocycles. The fourth-order valence-corrected chi connectivity index (χ4v) is 4.51. The molecule has 1 N–H and O–H groups in total. The Kier molecular flexibility index (Phi) is 5.67. The van der Waals surface area contributed by atoms with Crippen LogP contribution in [0.3, 0.4) is 0 Å². The third-order valence-corrected chi connectivity index (χ3v) is 6.19. The molecule has 6 nitrogen and oxygen atoms in total. The Bertz CT molecular complexity index is 1600. The number of anilines is 1. The summed E-state index contributed by atoms with van der Waals surface area (Å²) in [6, 6.07) is 21.1. The molecule has 1 amide bonds. The molecule has 0 radical (unpaired) electrons. The molecule has 170 valence electrons. The third kappa shape index (κ3) is 4.08. The summed E-state index contributed by atoms with van der Waals surface area (Å²) in [6.07, 6.45) is 1.58. The first-order valence-corrected chi connectivity index (χ1v) is 11.4. The molecular formula is C27H23ClN4O2. The second-order valence-electron chi connectivity index (χ2n) is 8.50. The van der Waals surface area contributed by atoms with Gasteiger partial charge >= 0.3 is 0 Å². The predicted octanol–water partition coefficient (Wildman–Crippen LogP) is 5.31. The van der Waals surface area contributed by atoms with Gasteiger partial charge in [0.05, 0.1) is 29.1 Å². The van der Waals surface area contributed by atoms with Gasteiger partial charge in [-0.05, 0) is 49.2 Å². The monoisotopic (exact) mass is 470 g/mol. The van der Waals surface area contributed by atoms with E-state index >= 15 is 0 Å². The quantitative estimate of drug-likeness (QED) is 0.378. The number of aryl methyl sites for hydroxylation is 2. The molecule has 5 rings (SSSR count). The normalized spacial score (nSPS) is 11.3. The first kappa shape index (κ1) is 21.9. The van der Waals surface area contributed by atoms with E-state index in [2.05, 4.69) is 10.3 Å². The number of rotatable bonds is 5. The summed E-state index contributed by atoms with van der Waals surface area (Å²) >= 11 is 6.30. The van der Waals surface area contributed by atoms with Crippen LogP contribution < -0.4 is 10.9 Å². The molecule has 0 saturated heterocycles. The maximum absolute atomic E-state index is 13.6. The number of hydrogen-bond donors (Lipinski definition) is 1. The lowest BCUT2D eigenvalue weighted by Crippen LogP contribution is -2.25. The Labute approximate surface area is 201 Å². The van der Waals surface area contributed by atoms with Crippen molar-refractivity contribution in [1.29, 1.82) is 0 Å². The molecule has 0 fully saturated rings. The SMILES string of the molecule is Cc1ccc(NC(=O)Cn2c3ccc(C)cc3c3ncn(Cc4ccccc4)c(=O)c32)c(Cl)c1. The number of aromatic nitrogens is 3. The highest BCUT2D eigenvalue weighted by molar-refractivity contribution is 6.33. The van der Waals surface area contributed by atoms with E-state index in [1.165, 1.54) is 0 Å². The van der Waals surface area contributed by atoms with Crippen molar-refractivity contribution in [1.82, 2.24) is 14.1 Å². The summed E-state index contributed by atoms with van der Waals surface area (Å²) in [5.41, 5.74) is 5.18.